The maximum absolute atomic E-state index is 6.59. The van der Waals surface area contributed by atoms with Gasteiger partial charge >= 0.3 is 0 Å². The summed E-state index contributed by atoms with van der Waals surface area (Å²) in [5.74, 6) is 2.35. The van der Waals surface area contributed by atoms with E-state index in [-0.39, 0.29) is 11.0 Å². The molecule has 1 heteroatoms. The summed E-state index contributed by atoms with van der Waals surface area (Å²) in [6.07, 6.45) is 12.8. The van der Waals surface area contributed by atoms with Crippen molar-refractivity contribution in [2.24, 2.45) is 5.92 Å². The van der Waals surface area contributed by atoms with Crippen LogP contribution in [0.5, 0.6) is 5.75 Å². The molecular weight excluding hydrogens is 328 g/mol. The molecule has 27 heavy (non-hydrogen) atoms. The van der Waals surface area contributed by atoms with E-state index < -0.39 is 0 Å². The lowest BCUT2D eigenvalue weighted by Crippen LogP contribution is -2.45. The van der Waals surface area contributed by atoms with E-state index in [0.717, 1.165) is 12.2 Å². The second-order valence-corrected chi connectivity index (χ2v) is 10.2. The Balaban J connectivity index is 1.79. The van der Waals surface area contributed by atoms with Gasteiger partial charge in [-0.2, -0.15) is 0 Å². The summed E-state index contributed by atoms with van der Waals surface area (Å²) in [6.45, 7) is 13.9. The topological polar surface area (TPSA) is 9.23 Å². The number of hydrogen-bond acceptors (Lipinski definition) is 1. The predicted octanol–water partition coefficient (Wildman–Crippen LogP) is 7.94. The Morgan fingerprint density at radius 3 is 2.59 bits per heavy atom. The van der Waals surface area contributed by atoms with Crippen molar-refractivity contribution in [3.63, 3.8) is 0 Å². The molecule has 0 amide bonds. The van der Waals surface area contributed by atoms with Gasteiger partial charge in [0.05, 0.1) is 0 Å². The first-order valence-corrected chi connectivity index (χ1v) is 11.2. The minimum absolute atomic E-state index is 0.0855. The quantitative estimate of drug-likeness (QED) is 0.350. The van der Waals surface area contributed by atoms with Gasteiger partial charge in [-0.25, -0.2) is 0 Å². The Morgan fingerprint density at radius 2 is 1.85 bits per heavy atom. The summed E-state index contributed by atoms with van der Waals surface area (Å²) in [6, 6.07) is 7.14. The van der Waals surface area contributed by atoms with Crippen molar-refractivity contribution >= 4 is 0 Å². The van der Waals surface area contributed by atoms with Crippen molar-refractivity contribution in [1.82, 2.24) is 0 Å². The zero-order chi connectivity index (χ0) is 19.7. The standard InChI is InChI=1S/C26H40O/c1-7-8-9-10-11-16-25(3,4)20-13-14-21-22-17-19(2)12-15-23(22)26(5,6)27-24(21)18-20/h12-14,18,22-23H,7-11,15-17H2,1-6H3/t22-,23+/m0/s1. The first kappa shape index (κ1) is 20.5. The highest BCUT2D eigenvalue weighted by Crippen LogP contribution is 2.52. The van der Waals surface area contributed by atoms with Crippen LogP contribution in [0.4, 0.5) is 0 Å². The van der Waals surface area contributed by atoms with Gasteiger partial charge in [-0.15, -0.1) is 0 Å². The monoisotopic (exact) mass is 368 g/mol. The third-order valence-electron chi connectivity index (χ3n) is 7.11. The van der Waals surface area contributed by atoms with Crippen LogP contribution in [0, 0.1) is 5.92 Å². The first-order chi connectivity index (χ1) is 12.7. The summed E-state index contributed by atoms with van der Waals surface area (Å²) < 4.78 is 6.59. The molecule has 1 aliphatic carbocycles. The number of unbranched alkanes of at least 4 members (excludes halogenated alkanes) is 4. The van der Waals surface area contributed by atoms with E-state index in [1.165, 1.54) is 61.6 Å². The highest BCUT2D eigenvalue weighted by atomic mass is 16.5. The molecular formula is C26H40O. The summed E-state index contributed by atoms with van der Waals surface area (Å²) >= 11 is 0. The SMILES string of the molecule is CCCCCCCC(C)(C)c1ccc2c(c1)OC(C)(C)[C@@H]1CC=C(C)C[C@@H]21. The number of hydrogen-bond donors (Lipinski definition) is 0. The summed E-state index contributed by atoms with van der Waals surface area (Å²) in [5.41, 5.74) is 4.55. The van der Waals surface area contributed by atoms with Crippen molar-refractivity contribution in [3.8, 4) is 5.75 Å². The molecule has 1 aromatic rings. The van der Waals surface area contributed by atoms with Crippen molar-refractivity contribution in [2.45, 2.75) is 110 Å². The van der Waals surface area contributed by atoms with E-state index in [1.807, 2.05) is 0 Å². The van der Waals surface area contributed by atoms with Gasteiger partial charge in [0, 0.05) is 5.92 Å². The summed E-state index contributed by atoms with van der Waals surface area (Å²) in [7, 11) is 0. The van der Waals surface area contributed by atoms with Crippen LogP contribution in [-0.4, -0.2) is 5.60 Å². The molecule has 1 aliphatic heterocycles. The average molecular weight is 369 g/mol. The molecule has 0 unspecified atom stereocenters. The van der Waals surface area contributed by atoms with Gasteiger partial charge in [0.1, 0.15) is 11.4 Å². The van der Waals surface area contributed by atoms with Crippen molar-refractivity contribution < 1.29 is 4.74 Å². The molecule has 2 aliphatic rings. The number of benzene rings is 1. The molecule has 0 radical (unpaired) electrons. The molecule has 0 saturated heterocycles. The molecule has 0 spiro atoms. The molecule has 1 heterocycles. The van der Waals surface area contributed by atoms with Crippen LogP contribution < -0.4 is 4.74 Å². The van der Waals surface area contributed by atoms with Crippen molar-refractivity contribution in [3.05, 3.63) is 41.0 Å². The van der Waals surface area contributed by atoms with Crippen LogP contribution in [0.2, 0.25) is 0 Å². The van der Waals surface area contributed by atoms with E-state index >= 15 is 0 Å². The molecule has 0 saturated carbocycles. The Labute approximate surface area is 167 Å². The molecule has 3 rings (SSSR count). The molecule has 0 N–H and O–H groups in total. The number of ether oxygens (including phenoxy) is 1. The van der Waals surface area contributed by atoms with Crippen LogP contribution in [0.15, 0.2) is 29.8 Å². The normalized spacial score (nSPS) is 23.9. The van der Waals surface area contributed by atoms with Gasteiger partial charge in [-0.3, -0.25) is 0 Å². The lowest BCUT2D eigenvalue weighted by Gasteiger charge is -2.47. The lowest BCUT2D eigenvalue weighted by atomic mass is 9.67. The fraction of sp³-hybridized carbons (Fsp3) is 0.692. The molecule has 150 valence electrons. The number of fused-ring (bicyclic) bond motifs is 3. The van der Waals surface area contributed by atoms with E-state index in [0.29, 0.717) is 11.8 Å². The Hall–Kier alpha value is -1.24. The largest absolute Gasteiger partial charge is 0.487 e. The summed E-state index contributed by atoms with van der Waals surface area (Å²) in [5, 5.41) is 0. The third-order valence-corrected chi connectivity index (χ3v) is 7.11. The molecule has 1 aromatic carbocycles. The van der Waals surface area contributed by atoms with Gasteiger partial charge < -0.3 is 4.74 Å². The van der Waals surface area contributed by atoms with Gasteiger partial charge in [0.25, 0.3) is 0 Å². The van der Waals surface area contributed by atoms with Crippen LogP contribution in [0.25, 0.3) is 0 Å². The van der Waals surface area contributed by atoms with Gasteiger partial charge in [0.15, 0.2) is 0 Å². The highest BCUT2D eigenvalue weighted by Gasteiger charge is 2.44. The zero-order valence-corrected chi connectivity index (χ0v) is 18.5. The van der Waals surface area contributed by atoms with Crippen LogP contribution in [0.1, 0.15) is 110 Å². The van der Waals surface area contributed by atoms with Crippen LogP contribution in [0.3, 0.4) is 0 Å². The van der Waals surface area contributed by atoms with Crippen LogP contribution >= 0.6 is 0 Å². The minimum atomic E-state index is -0.0855. The van der Waals surface area contributed by atoms with Gasteiger partial charge in [-0.1, -0.05) is 76.7 Å². The second-order valence-electron chi connectivity index (χ2n) is 10.2. The molecule has 0 fully saturated rings. The maximum Gasteiger partial charge on any atom is 0.123 e. The minimum Gasteiger partial charge on any atom is -0.487 e. The number of rotatable bonds is 7. The number of allylic oxidation sites excluding steroid dienone is 2. The first-order valence-electron chi connectivity index (χ1n) is 11.2. The summed E-state index contributed by atoms with van der Waals surface area (Å²) in [4.78, 5) is 0. The zero-order valence-electron chi connectivity index (χ0n) is 18.5. The van der Waals surface area contributed by atoms with Crippen molar-refractivity contribution in [1.29, 1.82) is 0 Å². The Bertz CT molecular complexity index is 679. The van der Waals surface area contributed by atoms with E-state index in [2.05, 4.69) is 65.8 Å². The third kappa shape index (κ3) is 4.44. The van der Waals surface area contributed by atoms with E-state index in [9.17, 15) is 0 Å². The average Bonchev–Trinajstić information content (AvgIpc) is 2.60. The fourth-order valence-corrected chi connectivity index (χ4v) is 5.18. The van der Waals surface area contributed by atoms with Crippen molar-refractivity contribution in [2.75, 3.05) is 0 Å². The van der Waals surface area contributed by atoms with E-state index in [4.69, 9.17) is 4.74 Å². The lowest BCUT2D eigenvalue weighted by molar-refractivity contribution is 0.00837. The molecule has 0 bridgehead atoms. The Morgan fingerprint density at radius 1 is 1.11 bits per heavy atom. The molecule has 1 nitrogen and oxygen atoms in total. The highest BCUT2D eigenvalue weighted by molar-refractivity contribution is 5.46. The molecule has 0 aromatic heterocycles. The molecule has 2 atom stereocenters. The smallest absolute Gasteiger partial charge is 0.123 e. The second kappa shape index (κ2) is 8.02. The van der Waals surface area contributed by atoms with E-state index in [1.54, 1.807) is 0 Å². The van der Waals surface area contributed by atoms with Crippen LogP contribution in [-0.2, 0) is 5.41 Å². The van der Waals surface area contributed by atoms with Gasteiger partial charge in [0.2, 0.25) is 0 Å². The predicted molar refractivity (Wildman–Crippen MR) is 117 cm³/mol. The fourth-order valence-electron chi connectivity index (χ4n) is 5.18. The van der Waals surface area contributed by atoms with Gasteiger partial charge in [-0.05, 0) is 68.6 Å². The Kier molecular flexibility index (Phi) is 6.08. The maximum atomic E-state index is 6.59.